The van der Waals surface area contributed by atoms with Gasteiger partial charge in [0.1, 0.15) is 0 Å². The first-order chi connectivity index (χ1) is 10.3. The number of nitrogens with zero attached hydrogens (tertiary/aromatic N) is 2. The van der Waals surface area contributed by atoms with Gasteiger partial charge in [-0.3, -0.25) is 4.99 Å². The first-order valence-corrected chi connectivity index (χ1v) is 8.99. The third-order valence-electron chi connectivity index (χ3n) is 4.88. The lowest BCUT2D eigenvalue weighted by molar-refractivity contribution is 0.203. The molecule has 1 aliphatic carbocycles. The van der Waals surface area contributed by atoms with Crippen LogP contribution in [0, 0.1) is 5.92 Å². The van der Waals surface area contributed by atoms with E-state index in [1.807, 2.05) is 7.05 Å². The van der Waals surface area contributed by atoms with Crippen LogP contribution in [0.4, 0.5) is 0 Å². The highest BCUT2D eigenvalue weighted by molar-refractivity contribution is 5.80. The monoisotopic (exact) mass is 294 g/mol. The van der Waals surface area contributed by atoms with Gasteiger partial charge in [-0.1, -0.05) is 26.7 Å². The fourth-order valence-electron chi connectivity index (χ4n) is 3.34. The highest BCUT2D eigenvalue weighted by Crippen LogP contribution is 2.34. The molecular weight excluding hydrogens is 260 g/mol. The Morgan fingerprint density at radius 3 is 2.52 bits per heavy atom. The van der Waals surface area contributed by atoms with E-state index >= 15 is 0 Å². The zero-order chi connectivity index (χ0) is 15.1. The zero-order valence-corrected chi connectivity index (χ0v) is 14.2. The molecular formula is C17H34N4. The maximum Gasteiger partial charge on any atom is 0.191 e. The molecule has 0 aromatic heterocycles. The zero-order valence-electron chi connectivity index (χ0n) is 14.2. The Morgan fingerprint density at radius 1 is 1.14 bits per heavy atom. The molecule has 4 nitrogen and oxygen atoms in total. The highest BCUT2D eigenvalue weighted by Gasteiger charge is 2.36. The average Bonchev–Trinajstić information content (AvgIpc) is 3.24. The molecule has 1 aliphatic heterocycles. The van der Waals surface area contributed by atoms with Crippen molar-refractivity contribution in [2.75, 3.05) is 26.7 Å². The first kappa shape index (κ1) is 16.6. The minimum atomic E-state index is 0.595. The molecule has 0 aromatic carbocycles. The van der Waals surface area contributed by atoms with Gasteiger partial charge >= 0.3 is 0 Å². The molecule has 2 rings (SSSR count). The van der Waals surface area contributed by atoms with Gasteiger partial charge in [0.25, 0.3) is 0 Å². The van der Waals surface area contributed by atoms with Crippen molar-refractivity contribution >= 4 is 5.96 Å². The van der Waals surface area contributed by atoms with Gasteiger partial charge in [-0.15, -0.1) is 0 Å². The number of likely N-dealkylation sites (tertiary alicyclic amines) is 1. The van der Waals surface area contributed by atoms with Gasteiger partial charge in [0, 0.05) is 32.2 Å². The van der Waals surface area contributed by atoms with Crippen molar-refractivity contribution in [3.63, 3.8) is 0 Å². The number of rotatable bonds is 7. The van der Waals surface area contributed by atoms with E-state index in [9.17, 15) is 0 Å². The molecule has 0 bridgehead atoms. The van der Waals surface area contributed by atoms with Gasteiger partial charge in [-0.05, 0) is 44.6 Å². The number of guanidine groups is 1. The molecule has 122 valence electrons. The molecule has 0 radical (unpaired) electrons. The summed E-state index contributed by atoms with van der Waals surface area (Å²) in [5, 5.41) is 7.22. The largest absolute Gasteiger partial charge is 0.354 e. The van der Waals surface area contributed by atoms with E-state index in [1.54, 1.807) is 0 Å². The lowest BCUT2D eigenvalue weighted by atomic mass is 10.0. The molecule has 1 saturated heterocycles. The summed E-state index contributed by atoms with van der Waals surface area (Å²) < 4.78 is 0. The molecule has 0 spiro atoms. The van der Waals surface area contributed by atoms with Crippen LogP contribution >= 0.6 is 0 Å². The maximum atomic E-state index is 4.41. The molecule has 4 heteroatoms. The summed E-state index contributed by atoms with van der Waals surface area (Å²) >= 11 is 0. The average molecular weight is 294 g/mol. The fraction of sp³-hybridized carbons (Fsp3) is 0.941. The summed E-state index contributed by atoms with van der Waals surface area (Å²) in [6, 6.07) is 1.26. The number of hydrogen-bond acceptors (Lipinski definition) is 2. The van der Waals surface area contributed by atoms with E-state index in [0.717, 1.165) is 11.9 Å². The van der Waals surface area contributed by atoms with E-state index in [1.165, 1.54) is 64.6 Å². The molecule has 2 unspecified atom stereocenters. The van der Waals surface area contributed by atoms with Gasteiger partial charge in [0.15, 0.2) is 5.96 Å². The summed E-state index contributed by atoms with van der Waals surface area (Å²) in [5.41, 5.74) is 0. The van der Waals surface area contributed by atoms with Crippen molar-refractivity contribution in [1.29, 1.82) is 0 Å². The van der Waals surface area contributed by atoms with Crippen LogP contribution < -0.4 is 10.6 Å². The van der Waals surface area contributed by atoms with Gasteiger partial charge in [-0.25, -0.2) is 0 Å². The molecule has 2 atom stereocenters. The molecule has 1 heterocycles. The minimum Gasteiger partial charge on any atom is -0.354 e. The maximum absolute atomic E-state index is 4.41. The first-order valence-electron chi connectivity index (χ1n) is 8.99. The predicted molar refractivity (Wildman–Crippen MR) is 90.8 cm³/mol. The summed E-state index contributed by atoms with van der Waals surface area (Å²) in [7, 11) is 1.89. The van der Waals surface area contributed by atoms with Crippen molar-refractivity contribution in [2.45, 2.75) is 70.9 Å². The normalized spacial score (nSPS) is 27.7. The Balaban J connectivity index is 1.65. The lowest BCUT2D eigenvalue weighted by Gasteiger charge is -2.33. The van der Waals surface area contributed by atoms with Crippen LogP contribution in [0.2, 0.25) is 0 Å². The van der Waals surface area contributed by atoms with E-state index in [2.05, 4.69) is 34.4 Å². The number of nitrogens with one attached hydrogen (secondary N) is 2. The molecule has 0 amide bonds. The second-order valence-corrected chi connectivity index (χ2v) is 6.72. The van der Waals surface area contributed by atoms with Crippen molar-refractivity contribution in [1.82, 2.24) is 15.5 Å². The van der Waals surface area contributed by atoms with E-state index < -0.39 is 0 Å². The SMILES string of the molecule is CCCCN1CCC(NC(=NC)NC2CC2CCC)CC1. The Morgan fingerprint density at radius 2 is 1.90 bits per heavy atom. The number of unbranched alkanes of at least 4 members (excludes halogenated alkanes) is 1. The number of aliphatic imine (C=N–C) groups is 1. The summed E-state index contributed by atoms with van der Waals surface area (Å²) in [4.78, 5) is 7.01. The predicted octanol–water partition coefficient (Wildman–Crippen LogP) is 2.60. The van der Waals surface area contributed by atoms with Crippen molar-refractivity contribution < 1.29 is 0 Å². The molecule has 21 heavy (non-hydrogen) atoms. The quantitative estimate of drug-likeness (QED) is 0.560. The topological polar surface area (TPSA) is 39.7 Å². The van der Waals surface area contributed by atoms with Crippen LogP contribution in [-0.4, -0.2) is 49.6 Å². The van der Waals surface area contributed by atoms with Crippen LogP contribution in [-0.2, 0) is 0 Å². The molecule has 2 N–H and O–H groups in total. The Hall–Kier alpha value is -0.770. The van der Waals surface area contributed by atoms with Crippen LogP contribution in [0.3, 0.4) is 0 Å². The standard InChI is InChI=1S/C17H34N4/c1-4-6-10-21-11-8-15(9-12-21)19-17(18-3)20-16-13-14(16)7-5-2/h14-16H,4-13H2,1-3H3,(H2,18,19,20). The van der Waals surface area contributed by atoms with Gasteiger partial charge < -0.3 is 15.5 Å². The summed E-state index contributed by atoms with van der Waals surface area (Å²) in [6.07, 6.45) is 9.09. The van der Waals surface area contributed by atoms with Gasteiger partial charge in [-0.2, -0.15) is 0 Å². The molecule has 2 aliphatic rings. The fourth-order valence-corrected chi connectivity index (χ4v) is 3.34. The number of hydrogen-bond donors (Lipinski definition) is 2. The Labute approximate surface area is 130 Å². The summed E-state index contributed by atoms with van der Waals surface area (Å²) in [6.45, 7) is 8.28. The van der Waals surface area contributed by atoms with Crippen molar-refractivity contribution in [2.24, 2.45) is 10.9 Å². The van der Waals surface area contributed by atoms with Crippen LogP contribution in [0.5, 0.6) is 0 Å². The van der Waals surface area contributed by atoms with Crippen molar-refractivity contribution in [3.05, 3.63) is 0 Å². The van der Waals surface area contributed by atoms with Crippen LogP contribution in [0.1, 0.15) is 58.8 Å². The van der Waals surface area contributed by atoms with Gasteiger partial charge in [0.05, 0.1) is 0 Å². The third kappa shape index (κ3) is 5.50. The molecule has 0 aromatic rings. The summed E-state index contributed by atoms with van der Waals surface area (Å²) in [5.74, 6) is 1.90. The van der Waals surface area contributed by atoms with E-state index in [4.69, 9.17) is 0 Å². The van der Waals surface area contributed by atoms with E-state index in [-0.39, 0.29) is 0 Å². The van der Waals surface area contributed by atoms with E-state index in [0.29, 0.717) is 12.1 Å². The van der Waals surface area contributed by atoms with Crippen LogP contribution in [0.15, 0.2) is 4.99 Å². The van der Waals surface area contributed by atoms with Crippen LogP contribution in [0.25, 0.3) is 0 Å². The lowest BCUT2D eigenvalue weighted by Crippen LogP contribution is -2.49. The second-order valence-electron chi connectivity index (χ2n) is 6.72. The minimum absolute atomic E-state index is 0.595. The smallest absolute Gasteiger partial charge is 0.191 e. The number of piperidine rings is 1. The van der Waals surface area contributed by atoms with Gasteiger partial charge in [0.2, 0.25) is 0 Å². The van der Waals surface area contributed by atoms with Crippen molar-refractivity contribution in [3.8, 4) is 0 Å². The second kappa shape index (κ2) is 8.62. The Kier molecular flexibility index (Phi) is 6.81. The highest BCUT2D eigenvalue weighted by atomic mass is 15.2. The molecule has 1 saturated carbocycles. The Bertz CT molecular complexity index is 321. The molecule has 2 fully saturated rings. The third-order valence-corrected chi connectivity index (χ3v) is 4.88.